The number of carbonyl (C=O) groups excluding carboxylic acids is 1. The first kappa shape index (κ1) is 19.7. The molecule has 24 heavy (non-hydrogen) atoms. The van der Waals surface area contributed by atoms with E-state index in [2.05, 4.69) is 26.6 Å². The summed E-state index contributed by atoms with van der Waals surface area (Å²) in [5.41, 5.74) is 1.81. The lowest BCUT2D eigenvalue weighted by Gasteiger charge is -2.06. The molecule has 3 N–H and O–H groups in total. The number of anilines is 1. The maximum Gasteiger partial charge on any atom is 0.303 e. The van der Waals surface area contributed by atoms with Crippen LogP contribution in [0, 0.1) is 18.3 Å². The zero-order valence-corrected chi connectivity index (χ0v) is 15.0. The molecule has 0 aliphatic carbocycles. The van der Waals surface area contributed by atoms with Crippen molar-refractivity contribution in [1.82, 2.24) is 5.32 Å². The lowest BCUT2D eigenvalue weighted by molar-refractivity contribution is -0.137. The Kier molecular flexibility index (Phi) is 8.58. The van der Waals surface area contributed by atoms with Crippen molar-refractivity contribution in [3.63, 3.8) is 0 Å². The molecule has 0 aliphatic rings. The number of amides is 1. The Balaban J connectivity index is 2.44. The van der Waals surface area contributed by atoms with Gasteiger partial charge in [0.1, 0.15) is 11.6 Å². The first-order valence-electron chi connectivity index (χ1n) is 7.57. The number of nitriles is 1. The van der Waals surface area contributed by atoms with E-state index in [0.717, 1.165) is 15.7 Å². The van der Waals surface area contributed by atoms with Gasteiger partial charge in [-0.2, -0.15) is 5.26 Å². The molecule has 0 saturated carbocycles. The summed E-state index contributed by atoms with van der Waals surface area (Å²) in [6.07, 6.45) is 3.48. The van der Waals surface area contributed by atoms with E-state index in [1.807, 2.05) is 31.2 Å². The molecule has 0 spiro atoms. The van der Waals surface area contributed by atoms with Crippen molar-refractivity contribution in [2.24, 2.45) is 0 Å². The second-order valence-electron chi connectivity index (χ2n) is 5.24. The number of carboxylic acids is 1. The van der Waals surface area contributed by atoms with Crippen molar-refractivity contribution < 1.29 is 14.7 Å². The first-order valence-corrected chi connectivity index (χ1v) is 8.36. The fraction of sp³-hybridized carbons (Fsp3) is 0.353. The van der Waals surface area contributed by atoms with Gasteiger partial charge in [0.25, 0.3) is 5.91 Å². The minimum Gasteiger partial charge on any atom is -0.481 e. The average Bonchev–Trinajstić information content (AvgIpc) is 2.54. The minimum absolute atomic E-state index is 0.0129. The molecule has 1 aromatic rings. The molecule has 0 aliphatic heterocycles. The highest BCUT2D eigenvalue weighted by Gasteiger charge is 2.08. The van der Waals surface area contributed by atoms with Gasteiger partial charge in [-0.15, -0.1) is 0 Å². The van der Waals surface area contributed by atoms with Crippen LogP contribution in [0.25, 0.3) is 0 Å². The van der Waals surface area contributed by atoms with E-state index in [1.165, 1.54) is 6.20 Å². The van der Waals surface area contributed by atoms with Gasteiger partial charge in [-0.3, -0.25) is 9.59 Å². The summed E-state index contributed by atoms with van der Waals surface area (Å²) in [5, 5.41) is 23.2. The lowest BCUT2D eigenvalue weighted by Crippen LogP contribution is -2.26. The van der Waals surface area contributed by atoms with Crippen molar-refractivity contribution in [1.29, 1.82) is 5.26 Å². The van der Waals surface area contributed by atoms with Crippen LogP contribution >= 0.6 is 15.9 Å². The van der Waals surface area contributed by atoms with Crippen molar-refractivity contribution in [2.75, 3.05) is 11.9 Å². The minimum atomic E-state index is -0.817. The fourth-order valence-electron chi connectivity index (χ4n) is 1.91. The molecule has 6 nitrogen and oxygen atoms in total. The highest BCUT2D eigenvalue weighted by Crippen LogP contribution is 2.20. The molecule has 0 fully saturated rings. The van der Waals surface area contributed by atoms with Gasteiger partial charge in [-0.05, 0) is 43.5 Å². The summed E-state index contributed by atoms with van der Waals surface area (Å²) in [7, 11) is 0. The number of aliphatic carboxylic acids is 1. The molecule has 0 aromatic heterocycles. The number of unbranched alkanes of at least 4 members (excludes halogenated alkanes) is 2. The van der Waals surface area contributed by atoms with Crippen LogP contribution in [-0.2, 0) is 9.59 Å². The van der Waals surface area contributed by atoms with E-state index < -0.39 is 11.9 Å². The summed E-state index contributed by atoms with van der Waals surface area (Å²) >= 11 is 3.41. The van der Waals surface area contributed by atoms with Gasteiger partial charge in [0.15, 0.2) is 0 Å². The normalized spacial score (nSPS) is 10.8. The molecule has 0 unspecified atom stereocenters. The van der Waals surface area contributed by atoms with Gasteiger partial charge >= 0.3 is 5.97 Å². The molecule has 1 amide bonds. The van der Waals surface area contributed by atoms with Gasteiger partial charge < -0.3 is 15.7 Å². The molecule has 128 valence electrons. The standard InChI is InChI=1S/C17H20BrN3O3/c1-12-9-14(6-7-15(12)18)21-11-13(10-19)17(24)20-8-4-2-3-5-16(22)23/h6-7,9,11,21H,2-5,8H2,1H3,(H,20,24)(H,22,23)/b13-11-. The Labute approximate surface area is 149 Å². The smallest absolute Gasteiger partial charge is 0.303 e. The van der Waals surface area contributed by atoms with E-state index in [0.29, 0.717) is 25.8 Å². The number of hydrogen-bond acceptors (Lipinski definition) is 4. The van der Waals surface area contributed by atoms with E-state index in [9.17, 15) is 9.59 Å². The number of carboxylic acid groups (broad SMARTS) is 1. The van der Waals surface area contributed by atoms with Crippen LogP contribution in [0.15, 0.2) is 34.4 Å². The number of carbonyl (C=O) groups is 2. The molecule has 0 heterocycles. The van der Waals surface area contributed by atoms with Crippen molar-refractivity contribution in [2.45, 2.75) is 32.6 Å². The van der Waals surface area contributed by atoms with E-state index in [4.69, 9.17) is 10.4 Å². The lowest BCUT2D eigenvalue weighted by atomic mass is 10.2. The number of hydrogen-bond donors (Lipinski definition) is 3. The molecule has 7 heteroatoms. The van der Waals surface area contributed by atoms with Crippen LogP contribution < -0.4 is 10.6 Å². The van der Waals surface area contributed by atoms with E-state index in [1.54, 1.807) is 0 Å². The topological polar surface area (TPSA) is 102 Å². The van der Waals surface area contributed by atoms with Crippen molar-refractivity contribution >= 4 is 33.5 Å². The van der Waals surface area contributed by atoms with Crippen LogP contribution in [0.5, 0.6) is 0 Å². The van der Waals surface area contributed by atoms with Gasteiger partial charge in [0.2, 0.25) is 0 Å². The number of benzene rings is 1. The molecular formula is C17H20BrN3O3. The average molecular weight is 394 g/mol. The Morgan fingerprint density at radius 1 is 1.33 bits per heavy atom. The van der Waals surface area contributed by atoms with Crippen LogP contribution in [0.4, 0.5) is 5.69 Å². The predicted octanol–water partition coefficient (Wildman–Crippen LogP) is 3.34. The third-order valence-corrected chi connectivity index (χ3v) is 4.15. The fourth-order valence-corrected chi connectivity index (χ4v) is 2.16. The molecular weight excluding hydrogens is 374 g/mol. The molecule has 0 atom stereocenters. The number of aryl methyl sites for hydroxylation is 1. The second kappa shape index (κ2) is 10.4. The van der Waals surface area contributed by atoms with Gasteiger partial charge in [0, 0.05) is 29.3 Å². The van der Waals surface area contributed by atoms with Gasteiger partial charge in [-0.25, -0.2) is 0 Å². The second-order valence-corrected chi connectivity index (χ2v) is 6.09. The van der Waals surface area contributed by atoms with Gasteiger partial charge in [0.05, 0.1) is 0 Å². The zero-order valence-electron chi connectivity index (χ0n) is 13.4. The molecule has 0 saturated heterocycles. The molecule has 0 radical (unpaired) electrons. The van der Waals surface area contributed by atoms with Crippen molar-refractivity contribution in [3.8, 4) is 6.07 Å². The van der Waals surface area contributed by atoms with Crippen molar-refractivity contribution in [3.05, 3.63) is 40.0 Å². The highest BCUT2D eigenvalue weighted by atomic mass is 79.9. The Hall–Kier alpha value is -2.33. The predicted molar refractivity (Wildman–Crippen MR) is 95.3 cm³/mol. The van der Waals surface area contributed by atoms with E-state index >= 15 is 0 Å². The van der Waals surface area contributed by atoms with Crippen LogP contribution in [0.2, 0.25) is 0 Å². The Morgan fingerprint density at radius 3 is 2.71 bits per heavy atom. The quantitative estimate of drug-likeness (QED) is 0.339. The zero-order chi connectivity index (χ0) is 17.9. The van der Waals surface area contributed by atoms with Crippen LogP contribution in [-0.4, -0.2) is 23.5 Å². The van der Waals surface area contributed by atoms with E-state index in [-0.39, 0.29) is 12.0 Å². The molecule has 1 rings (SSSR count). The van der Waals surface area contributed by atoms with Crippen LogP contribution in [0.1, 0.15) is 31.2 Å². The number of rotatable bonds is 9. The number of halogens is 1. The number of nitrogens with zero attached hydrogens (tertiary/aromatic N) is 1. The molecule has 1 aromatic carbocycles. The monoisotopic (exact) mass is 393 g/mol. The largest absolute Gasteiger partial charge is 0.481 e. The third-order valence-electron chi connectivity index (χ3n) is 3.26. The SMILES string of the molecule is Cc1cc(N/C=C(/C#N)C(=O)NCCCCCC(=O)O)ccc1Br. The summed E-state index contributed by atoms with van der Waals surface area (Å²) in [4.78, 5) is 22.3. The molecule has 0 bridgehead atoms. The third kappa shape index (κ3) is 7.29. The summed E-state index contributed by atoms with van der Waals surface area (Å²) in [5.74, 6) is -1.26. The Bertz CT molecular complexity index is 666. The maximum absolute atomic E-state index is 11.9. The Morgan fingerprint density at radius 2 is 2.08 bits per heavy atom. The summed E-state index contributed by atoms with van der Waals surface area (Å²) < 4.78 is 0.984. The highest BCUT2D eigenvalue weighted by molar-refractivity contribution is 9.10. The number of nitrogens with one attached hydrogen (secondary N) is 2. The maximum atomic E-state index is 11.9. The summed E-state index contributed by atoms with van der Waals surface area (Å²) in [6, 6.07) is 7.48. The van der Waals surface area contributed by atoms with Crippen LogP contribution in [0.3, 0.4) is 0 Å². The first-order chi connectivity index (χ1) is 11.4. The summed E-state index contributed by atoms with van der Waals surface area (Å²) in [6.45, 7) is 2.36. The van der Waals surface area contributed by atoms with Gasteiger partial charge in [-0.1, -0.05) is 22.4 Å².